The standard InChI is InChI=1S/C22H28N4O4/c1-25-13-17(19(29-2)12-21(25)27)22(28)26-9-7-15(8-10-26)14-30-20-11-16-5-3-4-6-18(16)23-24-20/h11-13,15H,3-10,14H2,1-2H3. The van der Waals surface area contributed by atoms with E-state index in [4.69, 9.17) is 9.47 Å². The molecule has 0 saturated carbocycles. The van der Waals surface area contributed by atoms with Crippen molar-refractivity contribution in [1.29, 1.82) is 0 Å². The average Bonchev–Trinajstić information content (AvgIpc) is 2.79. The summed E-state index contributed by atoms with van der Waals surface area (Å²) < 4.78 is 12.6. The molecule has 0 atom stereocenters. The van der Waals surface area contributed by atoms with Crippen LogP contribution in [0.3, 0.4) is 0 Å². The summed E-state index contributed by atoms with van der Waals surface area (Å²) in [6.07, 6.45) is 7.71. The molecule has 1 fully saturated rings. The minimum absolute atomic E-state index is 0.109. The fraction of sp³-hybridized carbons (Fsp3) is 0.545. The van der Waals surface area contributed by atoms with Gasteiger partial charge in [-0.2, -0.15) is 5.10 Å². The van der Waals surface area contributed by atoms with Crippen molar-refractivity contribution in [2.24, 2.45) is 13.0 Å². The van der Waals surface area contributed by atoms with Crippen LogP contribution in [-0.4, -0.2) is 52.4 Å². The first kappa shape index (κ1) is 20.4. The summed E-state index contributed by atoms with van der Waals surface area (Å²) in [4.78, 5) is 26.6. The van der Waals surface area contributed by atoms with E-state index < -0.39 is 0 Å². The smallest absolute Gasteiger partial charge is 0.259 e. The number of carbonyl (C=O) groups excluding carboxylic acids is 1. The molecule has 1 aliphatic heterocycles. The molecule has 1 saturated heterocycles. The average molecular weight is 412 g/mol. The lowest BCUT2D eigenvalue weighted by atomic mass is 9.96. The predicted molar refractivity (Wildman–Crippen MR) is 111 cm³/mol. The Bertz CT molecular complexity index is 980. The quantitative estimate of drug-likeness (QED) is 0.747. The van der Waals surface area contributed by atoms with Gasteiger partial charge >= 0.3 is 0 Å². The van der Waals surface area contributed by atoms with Gasteiger partial charge in [0.2, 0.25) is 5.88 Å². The number of ether oxygens (including phenoxy) is 2. The minimum Gasteiger partial charge on any atom is -0.496 e. The van der Waals surface area contributed by atoms with Crippen molar-refractivity contribution < 1.29 is 14.3 Å². The highest BCUT2D eigenvalue weighted by atomic mass is 16.5. The van der Waals surface area contributed by atoms with E-state index in [0.717, 1.165) is 31.4 Å². The molecule has 3 heterocycles. The third kappa shape index (κ3) is 4.32. The molecule has 30 heavy (non-hydrogen) atoms. The summed E-state index contributed by atoms with van der Waals surface area (Å²) >= 11 is 0. The van der Waals surface area contributed by atoms with Gasteiger partial charge < -0.3 is 18.9 Å². The minimum atomic E-state index is -0.204. The zero-order valence-electron chi connectivity index (χ0n) is 17.6. The molecule has 2 aromatic heterocycles. The number of fused-ring (bicyclic) bond motifs is 1. The van der Waals surface area contributed by atoms with Crippen molar-refractivity contribution in [2.45, 2.75) is 38.5 Å². The Morgan fingerprint density at radius 3 is 2.70 bits per heavy atom. The number of rotatable bonds is 5. The topological polar surface area (TPSA) is 86.5 Å². The van der Waals surface area contributed by atoms with Gasteiger partial charge in [0.25, 0.3) is 11.5 Å². The Labute approximate surface area is 175 Å². The van der Waals surface area contributed by atoms with Crippen molar-refractivity contribution in [3.8, 4) is 11.6 Å². The molecule has 1 amide bonds. The number of likely N-dealkylation sites (tertiary alicyclic amines) is 1. The molecule has 2 aromatic rings. The number of nitrogens with zero attached hydrogens (tertiary/aromatic N) is 4. The third-order valence-corrected chi connectivity index (χ3v) is 6.06. The second-order valence-corrected chi connectivity index (χ2v) is 8.11. The van der Waals surface area contributed by atoms with Gasteiger partial charge in [0.1, 0.15) is 5.75 Å². The van der Waals surface area contributed by atoms with Crippen LogP contribution in [0.5, 0.6) is 11.6 Å². The number of aromatic nitrogens is 3. The summed E-state index contributed by atoms with van der Waals surface area (Å²) in [5, 5.41) is 8.53. The Balaban J connectivity index is 1.32. The van der Waals surface area contributed by atoms with E-state index in [0.29, 0.717) is 42.8 Å². The zero-order valence-corrected chi connectivity index (χ0v) is 17.6. The molecule has 0 spiro atoms. The van der Waals surface area contributed by atoms with Crippen molar-refractivity contribution in [2.75, 3.05) is 26.8 Å². The number of carbonyl (C=O) groups is 1. The van der Waals surface area contributed by atoms with Crippen LogP contribution < -0.4 is 15.0 Å². The lowest BCUT2D eigenvalue weighted by molar-refractivity contribution is 0.0654. The SMILES string of the molecule is COc1cc(=O)n(C)cc1C(=O)N1CCC(COc2cc3c(nn2)CCCC3)CC1. The number of piperidine rings is 1. The van der Waals surface area contributed by atoms with Gasteiger partial charge in [-0.15, -0.1) is 5.10 Å². The summed E-state index contributed by atoms with van der Waals surface area (Å²) in [5.41, 5.74) is 2.58. The number of hydrogen-bond acceptors (Lipinski definition) is 6. The van der Waals surface area contributed by atoms with Gasteiger partial charge in [0, 0.05) is 38.5 Å². The van der Waals surface area contributed by atoms with Gasteiger partial charge in [-0.1, -0.05) is 0 Å². The van der Waals surface area contributed by atoms with Crippen LogP contribution in [0, 0.1) is 5.92 Å². The Hall–Kier alpha value is -2.90. The van der Waals surface area contributed by atoms with Gasteiger partial charge in [-0.05, 0) is 50.0 Å². The van der Waals surface area contributed by atoms with E-state index >= 15 is 0 Å². The summed E-state index contributed by atoms with van der Waals surface area (Å²) in [7, 11) is 3.10. The predicted octanol–water partition coefficient (Wildman–Crippen LogP) is 1.99. The normalized spacial score (nSPS) is 16.8. The molecular formula is C22H28N4O4. The number of methoxy groups -OCH3 is 1. The molecule has 0 unspecified atom stereocenters. The van der Waals surface area contributed by atoms with Crippen LogP contribution in [0.1, 0.15) is 47.3 Å². The molecule has 8 heteroatoms. The van der Waals surface area contributed by atoms with Crippen LogP contribution in [0.25, 0.3) is 0 Å². The Morgan fingerprint density at radius 2 is 1.93 bits per heavy atom. The molecule has 4 rings (SSSR count). The first-order valence-corrected chi connectivity index (χ1v) is 10.6. The van der Waals surface area contributed by atoms with E-state index in [-0.39, 0.29) is 11.5 Å². The molecule has 1 aliphatic carbocycles. The number of pyridine rings is 1. The summed E-state index contributed by atoms with van der Waals surface area (Å²) in [6, 6.07) is 3.39. The van der Waals surface area contributed by atoms with E-state index in [1.54, 1.807) is 13.2 Å². The zero-order chi connectivity index (χ0) is 21.1. The van der Waals surface area contributed by atoms with Gasteiger partial charge in [0.05, 0.1) is 25.0 Å². The number of hydrogen-bond donors (Lipinski definition) is 0. The van der Waals surface area contributed by atoms with Crippen LogP contribution in [0.4, 0.5) is 0 Å². The van der Waals surface area contributed by atoms with Crippen molar-refractivity contribution in [1.82, 2.24) is 19.7 Å². The fourth-order valence-electron chi connectivity index (χ4n) is 4.16. The maximum absolute atomic E-state index is 12.9. The summed E-state index contributed by atoms with van der Waals surface area (Å²) in [6.45, 7) is 1.88. The van der Waals surface area contributed by atoms with Crippen LogP contribution in [-0.2, 0) is 19.9 Å². The van der Waals surface area contributed by atoms with Crippen LogP contribution >= 0.6 is 0 Å². The Morgan fingerprint density at radius 1 is 1.17 bits per heavy atom. The van der Waals surface area contributed by atoms with E-state index in [1.165, 1.54) is 36.1 Å². The maximum Gasteiger partial charge on any atom is 0.259 e. The van der Waals surface area contributed by atoms with Gasteiger partial charge in [0.15, 0.2) is 0 Å². The highest BCUT2D eigenvalue weighted by Crippen LogP contribution is 2.25. The second-order valence-electron chi connectivity index (χ2n) is 8.11. The van der Waals surface area contributed by atoms with Crippen LogP contribution in [0.15, 0.2) is 23.1 Å². The molecule has 0 aromatic carbocycles. The molecule has 160 valence electrons. The molecule has 0 bridgehead atoms. The van der Waals surface area contributed by atoms with E-state index in [2.05, 4.69) is 10.2 Å². The molecule has 0 N–H and O–H groups in total. The summed E-state index contributed by atoms with van der Waals surface area (Å²) in [5.74, 6) is 1.18. The molecule has 2 aliphatic rings. The fourth-order valence-corrected chi connectivity index (χ4v) is 4.16. The van der Waals surface area contributed by atoms with E-state index in [1.807, 2.05) is 11.0 Å². The monoisotopic (exact) mass is 412 g/mol. The van der Waals surface area contributed by atoms with Gasteiger partial charge in [-0.25, -0.2) is 0 Å². The number of amides is 1. The van der Waals surface area contributed by atoms with Crippen LogP contribution in [0.2, 0.25) is 0 Å². The van der Waals surface area contributed by atoms with Crippen molar-refractivity contribution in [3.05, 3.63) is 45.5 Å². The van der Waals surface area contributed by atoms with Crippen molar-refractivity contribution in [3.63, 3.8) is 0 Å². The molecular weight excluding hydrogens is 384 g/mol. The third-order valence-electron chi connectivity index (χ3n) is 6.06. The highest BCUT2D eigenvalue weighted by Gasteiger charge is 2.26. The largest absolute Gasteiger partial charge is 0.496 e. The first-order chi connectivity index (χ1) is 14.5. The lowest BCUT2D eigenvalue weighted by Gasteiger charge is -2.32. The first-order valence-electron chi connectivity index (χ1n) is 10.6. The molecule has 0 radical (unpaired) electrons. The maximum atomic E-state index is 12.9. The van der Waals surface area contributed by atoms with Crippen molar-refractivity contribution >= 4 is 5.91 Å². The number of aryl methyl sites for hydroxylation is 3. The molecule has 8 nitrogen and oxygen atoms in total. The van der Waals surface area contributed by atoms with Gasteiger partial charge in [-0.3, -0.25) is 9.59 Å². The lowest BCUT2D eigenvalue weighted by Crippen LogP contribution is -2.40. The second kappa shape index (κ2) is 8.85. The Kier molecular flexibility index (Phi) is 6.01. The van der Waals surface area contributed by atoms with E-state index in [9.17, 15) is 9.59 Å². The highest BCUT2D eigenvalue weighted by molar-refractivity contribution is 5.96.